The Bertz CT molecular complexity index is 2910. The molecule has 1 aliphatic carbocycles. The minimum absolute atomic E-state index is 1.10. The van der Waals surface area contributed by atoms with Gasteiger partial charge < -0.3 is 18.9 Å². The van der Waals surface area contributed by atoms with E-state index in [1.165, 1.54) is 99.5 Å². The molecule has 0 bridgehead atoms. The van der Waals surface area contributed by atoms with Gasteiger partial charge in [-0.3, -0.25) is 0 Å². The van der Waals surface area contributed by atoms with Crippen LogP contribution in [-0.4, -0.2) is 37.3 Å². The Morgan fingerprint density at radius 1 is 0.313 bits per heavy atom. The van der Waals surface area contributed by atoms with Crippen LogP contribution in [0.3, 0.4) is 0 Å². The Morgan fingerprint density at radius 3 is 1.03 bits per heavy atom. The zero-order valence-corrected chi connectivity index (χ0v) is 42.8. The smallest absolute Gasteiger partial charge is 0.0489 e. The fourth-order valence-electron chi connectivity index (χ4n) is 8.70. The van der Waals surface area contributed by atoms with E-state index >= 15 is 0 Å². The van der Waals surface area contributed by atoms with Crippen LogP contribution in [0.1, 0.15) is 66.5 Å². The number of anilines is 2. The molecule has 0 aliphatic heterocycles. The summed E-state index contributed by atoms with van der Waals surface area (Å²) in [5.74, 6) is 0. The largest absolute Gasteiger partial charge is 0.378 e. The van der Waals surface area contributed by atoms with Crippen molar-refractivity contribution in [3.05, 3.63) is 193 Å². The highest BCUT2D eigenvalue weighted by Crippen LogP contribution is 2.37. The van der Waals surface area contributed by atoms with Crippen molar-refractivity contribution in [2.45, 2.75) is 61.8 Å². The number of aromatic nitrogens is 2. The Balaban J connectivity index is 0.000000180. The number of nitrogens with zero attached hydrogens (tertiary/aromatic N) is 4. The van der Waals surface area contributed by atoms with Crippen molar-refractivity contribution in [1.29, 1.82) is 0 Å². The fraction of sp³-hybridized carbons (Fsp3) is 0.238. The third kappa shape index (κ3) is 11.2. The van der Waals surface area contributed by atoms with Crippen molar-refractivity contribution in [2.75, 3.05) is 38.0 Å². The van der Waals surface area contributed by atoms with Gasteiger partial charge in [0.15, 0.2) is 0 Å². The first kappa shape index (κ1) is 51.0. The number of aryl methyl sites for hydroxylation is 2. The summed E-state index contributed by atoms with van der Waals surface area (Å²) in [6.07, 6.45) is 1.10. The van der Waals surface area contributed by atoms with Crippen molar-refractivity contribution >= 4 is 55.0 Å². The summed E-state index contributed by atoms with van der Waals surface area (Å²) in [6.45, 7) is 16.0. The van der Waals surface area contributed by atoms with Gasteiger partial charge in [0.25, 0.3) is 0 Å². The Hall–Kier alpha value is -7.04. The molecule has 10 aromatic rings. The van der Waals surface area contributed by atoms with Gasteiger partial charge in [-0.2, -0.15) is 0 Å². The van der Waals surface area contributed by atoms with Crippen molar-refractivity contribution in [1.82, 2.24) is 9.13 Å². The maximum absolute atomic E-state index is 2.31. The molecule has 0 N–H and O–H groups in total. The van der Waals surface area contributed by atoms with Crippen LogP contribution in [-0.2, 0) is 20.5 Å². The van der Waals surface area contributed by atoms with Crippen LogP contribution in [0.2, 0.25) is 0 Å². The van der Waals surface area contributed by atoms with Crippen LogP contribution < -0.4 is 9.80 Å². The molecule has 1 aliphatic rings. The minimum Gasteiger partial charge on any atom is -0.378 e. The number of fused-ring (bicyclic) bond motifs is 9. The highest BCUT2D eigenvalue weighted by molar-refractivity contribution is 6.10. The van der Waals surface area contributed by atoms with Gasteiger partial charge in [-0.05, 0) is 112 Å². The highest BCUT2D eigenvalue weighted by Gasteiger charge is 2.16. The maximum Gasteiger partial charge on any atom is 0.0489 e. The fourth-order valence-corrected chi connectivity index (χ4v) is 8.70. The summed E-state index contributed by atoms with van der Waals surface area (Å²) in [7, 11) is 12.6. The quantitative estimate of drug-likeness (QED) is 0.175. The molecule has 2 aromatic heterocycles. The lowest BCUT2D eigenvalue weighted by Gasteiger charge is -2.13. The predicted molar refractivity (Wildman–Crippen MR) is 300 cm³/mol. The molecule has 8 aromatic carbocycles. The zero-order chi connectivity index (χ0) is 48.6. The van der Waals surface area contributed by atoms with E-state index in [1.54, 1.807) is 0 Å². The zero-order valence-electron chi connectivity index (χ0n) is 42.8. The number of benzene rings is 8. The molecular weight excluding hydrogens is 813 g/mol. The van der Waals surface area contributed by atoms with Gasteiger partial charge in [0.05, 0.1) is 0 Å². The van der Waals surface area contributed by atoms with Crippen LogP contribution in [0.25, 0.3) is 77.0 Å². The van der Waals surface area contributed by atoms with E-state index in [2.05, 4.69) is 243 Å². The monoisotopic (exact) mass is 887 g/mol. The number of hydrogen-bond donors (Lipinski definition) is 0. The maximum atomic E-state index is 2.31. The topological polar surface area (TPSA) is 16.3 Å². The van der Waals surface area contributed by atoms with E-state index in [1.807, 2.05) is 55.4 Å². The van der Waals surface area contributed by atoms with E-state index in [0.29, 0.717) is 0 Å². The van der Waals surface area contributed by atoms with Crippen LogP contribution in [0.15, 0.2) is 182 Å². The Labute approximate surface area is 402 Å². The van der Waals surface area contributed by atoms with Crippen molar-refractivity contribution in [2.24, 2.45) is 14.1 Å². The van der Waals surface area contributed by atoms with Gasteiger partial charge in [0.1, 0.15) is 0 Å². The van der Waals surface area contributed by atoms with Crippen LogP contribution in [0, 0.1) is 0 Å². The second-order valence-electron chi connectivity index (χ2n) is 16.0. The first-order chi connectivity index (χ1) is 32.7. The second kappa shape index (κ2) is 24.5. The molecule has 4 heteroatoms. The number of rotatable bonds is 4. The number of hydrogen-bond acceptors (Lipinski definition) is 2. The first-order valence-electron chi connectivity index (χ1n) is 24.4. The van der Waals surface area contributed by atoms with Crippen LogP contribution in [0.5, 0.6) is 0 Å². The van der Waals surface area contributed by atoms with Gasteiger partial charge in [-0.25, -0.2) is 0 Å². The van der Waals surface area contributed by atoms with Crippen molar-refractivity contribution < 1.29 is 0 Å². The third-order valence-corrected chi connectivity index (χ3v) is 11.9. The van der Waals surface area contributed by atoms with Gasteiger partial charge in [-0.15, -0.1) is 0 Å². The summed E-state index contributed by atoms with van der Waals surface area (Å²) in [5, 5.41) is 5.26. The summed E-state index contributed by atoms with van der Waals surface area (Å²) in [6, 6.07) is 65.4. The molecule has 0 spiro atoms. The van der Waals surface area contributed by atoms with E-state index in [0.717, 1.165) is 6.42 Å². The van der Waals surface area contributed by atoms with E-state index in [4.69, 9.17) is 0 Å². The molecule has 67 heavy (non-hydrogen) atoms. The highest BCUT2D eigenvalue weighted by atomic mass is 15.1. The van der Waals surface area contributed by atoms with E-state index in [-0.39, 0.29) is 0 Å². The minimum atomic E-state index is 1.10. The Morgan fingerprint density at radius 2 is 0.642 bits per heavy atom. The molecule has 0 saturated carbocycles. The van der Waals surface area contributed by atoms with Crippen molar-refractivity contribution in [3.63, 3.8) is 0 Å². The molecular formula is C63H74N4. The average Bonchev–Trinajstić information content (AvgIpc) is 4.03. The summed E-state index contributed by atoms with van der Waals surface area (Å²) >= 11 is 0. The average molecular weight is 887 g/mol. The normalized spacial score (nSPS) is 10.5. The molecule has 0 amide bonds. The molecule has 0 saturated heterocycles. The lowest BCUT2D eigenvalue weighted by atomic mass is 10.0. The first-order valence-corrected chi connectivity index (χ1v) is 24.4. The van der Waals surface area contributed by atoms with E-state index < -0.39 is 0 Å². The van der Waals surface area contributed by atoms with Crippen LogP contribution in [0.4, 0.5) is 11.4 Å². The van der Waals surface area contributed by atoms with E-state index in [9.17, 15) is 0 Å². The summed E-state index contributed by atoms with van der Waals surface area (Å²) in [4.78, 5) is 4.28. The molecule has 0 unspecified atom stereocenters. The molecule has 0 radical (unpaired) electrons. The van der Waals surface area contributed by atoms with Gasteiger partial charge >= 0.3 is 0 Å². The molecule has 2 heterocycles. The lowest BCUT2D eigenvalue weighted by Crippen LogP contribution is -2.08. The van der Waals surface area contributed by atoms with Gasteiger partial charge in [0, 0.05) is 97.3 Å². The predicted octanol–water partition coefficient (Wildman–Crippen LogP) is 17.5. The molecule has 0 fully saturated rings. The Kier molecular flexibility index (Phi) is 18.6. The molecule has 11 rings (SSSR count). The molecule has 346 valence electrons. The number of para-hydroxylation sites is 2. The SMILES string of the molecule is CC.CC.CC.CC.CN(C)c1cccc(-c2ccc3c(c2)c2ccccc2n3C)c1.CN(C)c1cccc(-c2ccc3c(c2)c2ccccc2n3C)c1.c1ccc2c(c1)Cc1ccccc1-2. The van der Waals surface area contributed by atoms with Crippen molar-refractivity contribution in [3.8, 4) is 33.4 Å². The molecule has 4 nitrogen and oxygen atoms in total. The lowest BCUT2D eigenvalue weighted by molar-refractivity contribution is 1.01. The standard InChI is InChI=1S/2C21H20N2.C13H10.4C2H6/c2*1-22(2)17-8-6-7-15(13-17)16-11-12-21-19(14-16)18-9-4-5-10-20(18)23(21)3;1-3-7-12-10(5-1)9-11-6-2-4-8-13(11)12;4*1-2/h2*4-14H,1-3H3;1-8H,9H2;4*1-2H3. The summed E-state index contributed by atoms with van der Waals surface area (Å²) < 4.78 is 4.54. The van der Waals surface area contributed by atoms with Crippen LogP contribution >= 0.6 is 0 Å². The third-order valence-electron chi connectivity index (χ3n) is 11.9. The van der Waals surface area contributed by atoms with Gasteiger partial charge in [0.2, 0.25) is 0 Å². The second-order valence-corrected chi connectivity index (χ2v) is 16.0. The summed E-state index contributed by atoms with van der Waals surface area (Å²) in [5.41, 5.74) is 18.3. The molecule has 0 atom stereocenters. The van der Waals surface area contributed by atoms with Gasteiger partial charge in [-0.1, -0.05) is 177 Å².